The Balaban J connectivity index is 0.000000152. The van der Waals surface area contributed by atoms with Crippen molar-refractivity contribution in [2.24, 2.45) is 0 Å². The average Bonchev–Trinajstić information content (AvgIpc) is 3.94. The fourth-order valence-corrected chi connectivity index (χ4v) is 7.10. The number of fused-ring (bicyclic) bond motifs is 6. The predicted octanol–water partition coefficient (Wildman–Crippen LogP) is 11.8. The Morgan fingerprint density at radius 3 is 0.729 bits per heavy atom. The first kappa shape index (κ1) is 30.4. The van der Waals surface area contributed by atoms with Gasteiger partial charge in [-0.05, 0) is 119 Å². The van der Waals surface area contributed by atoms with E-state index < -0.39 is 0 Å². The van der Waals surface area contributed by atoms with E-state index in [2.05, 4.69) is 97.1 Å². The lowest BCUT2D eigenvalue weighted by molar-refractivity contribution is 1.82. The van der Waals surface area contributed by atoms with Crippen molar-refractivity contribution in [3.63, 3.8) is 0 Å². The summed E-state index contributed by atoms with van der Waals surface area (Å²) in [6, 6.07) is 73.7. The first-order valence-corrected chi connectivity index (χ1v) is 17.9. The number of hydrogen-bond donors (Lipinski definition) is 0. The van der Waals surface area contributed by atoms with Gasteiger partial charge in [-0.2, -0.15) is 0 Å². The van der Waals surface area contributed by atoms with Gasteiger partial charge in [0.15, 0.2) is 0 Å². The molecule has 0 spiro atoms. The minimum absolute atomic E-state index is 0.926. The van der Waals surface area contributed by atoms with Crippen LogP contribution in [0.4, 0.5) is 0 Å². The zero-order chi connectivity index (χ0) is 32.4. The Morgan fingerprint density at radius 2 is 0.479 bits per heavy atom. The highest BCUT2D eigenvalue weighted by Crippen LogP contribution is 2.18. The van der Waals surface area contributed by atoms with Gasteiger partial charge in [0.1, 0.15) is 0 Å². The van der Waals surface area contributed by atoms with Crippen molar-refractivity contribution in [1.29, 1.82) is 0 Å². The molecule has 8 aromatic rings. The normalized spacial score (nSPS) is 9.17. The molecule has 0 aliphatic carbocycles. The van der Waals surface area contributed by atoms with E-state index in [0.29, 0.717) is 0 Å². The fraction of sp³-hybridized carbons (Fsp3) is 0. The van der Waals surface area contributed by atoms with Gasteiger partial charge in [0, 0.05) is 21.5 Å². The minimum Gasteiger partial charge on any atom is -0.134 e. The Morgan fingerprint density at radius 1 is 0.250 bits per heavy atom. The van der Waals surface area contributed by atoms with Crippen molar-refractivity contribution in [1.82, 2.24) is 0 Å². The third-order valence-electron chi connectivity index (χ3n) is 6.67. The molecule has 0 atom stereocenters. The second kappa shape index (κ2) is 14.9. The fourth-order valence-electron chi connectivity index (χ4n) is 4.31. The molecule has 4 heterocycles. The highest BCUT2D eigenvalue weighted by molar-refractivity contribution is 7.17. The van der Waals surface area contributed by atoms with Crippen LogP contribution in [0.5, 0.6) is 0 Å². The van der Waals surface area contributed by atoms with Gasteiger partial charge in [0.2, 0.25) is 0 Å². The van der Waals surface area contributed by atoms with Gasteiger partial charge < -0.3 is 0 Å². The van der Waals surface area contributed by atoms with Gasteiger partial charge in [0.05, 0.1) is 40.3 Å². The lowest BCUT2D eigenvalue weighted by Crippen LogP contribution is -1.62. The van der Waals surface area contributed by atoms with E-state index in [1.165, 1.54) is 0 Å². The molecule has 4 aromatic heterocycles. The van der Waals surface area contributed by atoms with Crippen molar-refractivity contribution in [3.8, 4) is 0 Å². The van der Waals surface area contributed by atoms with Crippen molar-refractivity contribution < 1.29 is 0 Å². The maximum atomic E-state index is 3.23. The van der Waals surface area contributed by atoms with Gasteiger partial charge in [-0.3, -0.25) is 0 Å². The third-order valence-corrected chi connectivity index (χ3v) is 9.99. The van der Waals surface area contributed by atoms with E-state index in [-0.39, 0.29) is 0 Å². The lowest BCUT2D eigenvalue weighted by Gasteiger charge is -1.84. The van der Waals surface area contributed by atoms with Gasteiger partial charge in [-0.15, -0.1) is 45.3 Å². The summed E-state index contributed by atoms with van der Waals surface area (Å²) in [5.74, 6) is 0. The third kappa shape index (κ3) is 7.40. The van der Waals surface area contributed by atoms with Crippen LogP contribution < -0.4 is 0 Å². The van der Waals surface area contributed by atoms with Crippen LogP contribution in [0.3, 0.4) is 0 Å². The quantitative estimate of drug-likeness (QED) is 0.150. The summed E-state index contributed by atoms with van der Waals surface area (Å²) in [6.07, 6.45) is 0. The zero-order valence-electron chi connectivity index (χ0n) is 24.9. The lowest BCUT2D eigenvalue weighted by atomic mass is 10.2. The summed E-state index contributed by atoms with van der Waals surface area (Å²) in [5.41, 5.74) is 0. The molecule has 48 heavy (non-hydrogen) atoms. The van der Waals surface area contributed by atoms with Gasteiger partial charge in [0.25, 0.3) is 0 Å². The van der Waals surface area contributed by atoms with Crippen LogP contribution in [0, 0.1) is 97.1 Å². The zero-order valence-corrected chi connectivity index (χ0v) is 28.1. The molecule has 8 rings (SSSR count). The Kier molecular flexibility index (Phi) is 9.41. The molecule has 0 bridgehead atoms. The van der Waals surface area contributed by atoms with Crippen LogP contribution in [-0.2, 0) is 0 Å². The van der Waals surface area contributed by atoms with E-state index in [0.717, 1.165) is 61.9 Å². The van der Waals surface area contributed by atoms with Crippen LogP contribution in [0.1, 0.15) is 0 Å². The molecule has 4 heteroatoms. The molecule has 0 aliphatic rings. The summed E-state index contributed by atoms with van der Waals surface area (Å²) in [6.45, 7) is 0. The molecule has 0 aliphatic heterocycles. The highest BCUT2D eigenvalue weighted by atomic mass is 32.1. The van der Waals surface area contributed by atoms with E-state index in [1.54, 1.807) is 45.3 Å². The molecule has 4 aromatic carbocycles. The standard InChI is InChI=1S/2C22H8S2/c2*1-2-6-18-10-12-20-14-16-24-22(20)8-4-3-7-21-19(13-15-23-21)11-9-17(18)5-1/h2*1-2,5-6,13-16H. The SMILES string of the molecule is c1c#cc2sccc2c#cc2ccccc2c#cc2ccsc2c#1.c1c#cc2sccc2c#cc2ccccc2c#cc2ccsc2c#1. The second-order valence-corrected chi connectivity index (χ2v) is 13.4. The van der Waals surface area contributed by atoms with E-state index in [1.807, 2.05) is 94.3 Å². The van der Waals surface area contributed by atoms with E-state index in [4.69, 9.17) is 0 Å². The molecule has 0 radical (unpaired) electrons. The smallest absolute Gasteiger partial charge is 0.0935 e. The van der Waals surface area contributed by atoms with Crippen LogP contribution in [0.15, 0.2) is 94.3 Å². The highest BCUT2D eigenvalue weighted by Gasteiger charge is 1.91. The number of benzene rings is 2. The molecular weight excluding hydrogens is 657 g/mol. The predicted molar refractivity (Wildman–Crippen MR) is 201 cm³/mol. The first-order chi connectivity index (χ1) is 23.8. The average molecular weight is 673 g/mol. The molecule has 0 N–H and O–H groups in total. The van der Waals surface area contributed by atoms with Gasteiger partial charge in [-0.25, -0.2) is 0 Å². The van der Waals surface area contributed by atoms with Gasteiger partial charge in [-0.1, -0.05) is 72.8 Å². The summed E-state index contributed by atoms with van der Waals surface area (Å²) < 4.78 is 3.79. The summed E-state index contributed by atoms with van der Waals surface area (Å²) in [7, 11) is 0. The van der Waals surface area contributed by atoms with E-state index in [9.17, 15) is 0 Å². The van der Waals surface area contributed by atoms with Crippen molar-refractivity contribution in [3.05, 3.63) is 191 Å². The summed E-state index contributed by atoms with van der Waals surface area (Å²) in [5, 5.41) is 15.5. The maximum Gasteiger partial charge on any atom is 0.0935 e. The van der Waals surface area contributed by atoms with E-state index >= 15 is 0 Å². The summed E-state index contributed by atoms with van der Waals surface area (Å²) >= 11 is 6.34. The molecule has 0 unspecified atom stereocenters. The van der Waals surface area contributed by atoms with Crippen LogP contribution in [-0.4, -0.2) is 0 Å². The van der Waals surface area contributed by atoms with Gasteiger partial charge >= 0.3 is 0 Å². The number of thiophene rings is 4. The van der Waals surface area contributed by atoms with Crippen LogP contribution >= 0.6 is 45.3 Å². The van der Waals surface area contributed by atoms with Crippen LogP contribution in [0.2, 0.25) is 0 Å². The van der Waals surface area contributed by atoms with Crippen molar-refractivity contribution >= 4 is 107 Å². The Labute approximate surface area is 296 Å². The molecular formula is C44H16S4. The Bertz CT molecular complexity index is 2230. The minimum atomic E-state index is 0.926. The maximum absolute atomic E-state index is 3.23. The second-order valence-electron chi connectivity index (χ2n) is 9.74. The topological polar surface area (TPSA) is 0 Å². The van der Waals surface area contributed by atoms with Crippen LogP contribution in [0.25, 0.3) is 61.9 Å². The van der Waals surface area contributed by atoms with Crippen molar-refractivity contribution in [2.45, 2.75) is 0 Å². The molecule has 0 saturated heterocycles. The molecule has 216 valence electrons. The molecule has 0 fully saturated rings. The first-order valence-electron chi connectivity index (χ1n) is 14.4. The van der Waals surface area contributed by atoms with Crippen molar-refractivity contribution in [2.75, 3.05) is 0 Å². The summed E-state index contributed by atoms with van der Waals surface area (Å²) in [4.78, 5) is 0. The number of rotatable bonds is 0. The molecule has 0 nitrogen and oxygen atoms in total. The molecule has 0 amide bonds. The monoisotopic (exact) mass is 672 g/mol. The number of hydrogen-bond acceptors (Lipinski definition) is 4. The molecule has 0 saturated carbocycles. The largest absolute Gasteiger partial charge is 0.134 e. The Hall–Kier alpha value is -6.28.